The van der Waals surface area contributed by atoms with Crippen molar-refractivity contribution in [2.75, 3.05) is 0 Å². The van der Waals surface area contributed by atoms with E-state index in [4.69, 9.17) is 0 Å². The van der Waals surface area contributed by atoms with Crippen LogP contribution in [0.3, 0.4) is 0 Å². The van der Waals surface area contributed by atoms with Crippen LogP contribution in [-0.4, -0.2) is 10.9 Å². The Morgan fingerprint density at radius 2 is 1.48 bits per heavy atom. The molecule has 0 radical (unpaired) electrons. The molecule has 3 rings (SSSR count). The van der Waals surface area contributed by atoms with Gasteiger partial charge in [-0.3, -0.25) is 4.90 Å². The van der Waals surface area contributed by atoms with Crippen LogP contribution in [0.2, 0.25) is 0 Å². The van der Waals surface area contributed by atoms with Crippen LogP contribution in [0.4, 0.5) is 0 Å². The van der Waals surface area contributed by atoms with Crippen LogP contribution >= 0.6 is 0 Å². The van der Waals surface area contributed by atoms with E-state index in [-0.39, 0.29) is 5.41 Å². The van der Waals surface area contributed by atoms with E-state index in [0.29, 0.717) is 6.04 Å². The quantitative estimate of drug-likeness (QED) is 0.694. The first-order valence-electron chi connectivity index (χ1n) is 7.67. The molecule has 0 saturated heterocycles. The third-order valence-electron chi connectivity index (χ3n) is 4.60. The van der Waals surface area contributed by atoms with E-state index in [9.17, 15) is 0 Å². The van der Waals surface area contributed by atoms with E-state index in [1.807, 2.05) is 0 Å². The van der Waals surface area contributed by atoms with Gasteiger partial charge in [-0.05, 0) is 17.5 Å². The number of nitrogens with zero attached hydrogens (tertiary/aromatic N) is 1. The van der Waals surface area contributed by atoms with Crippen LogP contribution < -0.4 is 0 Å². The lowest BCUT2D eigenvalue weighted by atomic mass is 10.1. The summed E-state index contributed by atoms with van der Waals surface area (Å²) in [6.45, 7) is 8.34. The van der Waals surface area contributed by atoms with Crippen LogP contribution in [0.15, 0.2) is 73.3 Å². The third kappa shape index (κ3) is 3.25. The smallest absolute Gasteiger partial charge is 0.0240 e. The van der Waals surface area contributed by atoms with Gasteiger partial charge in [-0.2, -0.15) is 0 Å². The first-order chi connectivity index (χ1) is 10.2. The molecular weight excluding hydrogens is 254 g/mol. The van der Waals surface area contributed by atoms with Gasteiger partial charge in [0.1, 0.15) is 0 Å². The third-order valence-corrected chi connectivity index (χ3v) is 4.60. The van der Waals surface area contributed by atoms with Gasteiger partial charge >= 0.3 is 0 Å². The Balaban J connectivity index is 1.77. The van der Waals surface area contributed by atoms with Gasteiger partial charge in [0.05, 0.1) is 0 Å². The highest BCUT2D eigenvalue weighted by molar-refractivity contribution is 5.21. The molecule has 1 aliphatic carbocycles. The minimum atomic E-state index is 0.281. The van der Waals surface area contributed by atoms with Crippen molar-refractivity contribution in [2.45, 2.75) is 32.5 Å². The van der Waals surface area contributed by atoms with Gasteiger partial charge in [0, 0.05) is 24.5 Å². The molecule has 1 aliphatic rings. The van der Waals surface area contributed by atoms with Crippen molar-refractivity contribution in [3.8, 4) is 0 Å². The Morgan fingerprint density at radius 3 is 1.86 bits per heavy atom. The molecule has 0 aromatic heterocycles. The van der Waals surface area contributed by atoms with E-state index >= 15 is 0 Å². The second-order valence-electron chi connectivity index (χ2n) is 6.31. The Labute approximate surface area is 127 Å². The minimum absolute atomic E-state index is 0.281. The summed E-state index contributed by atoms with van der Waals surface area (Å²) in [6, 6.07) is 22.1. The zero-order valence-corrected chi connectivity index (χ0v) is 12.7. The second-order valence-corrected chi connectivity index (χ2v) is 6.31. The summed E-state index contributed by atoms with van der Waals surface area (Å²) in [5, 5.41) is 0. The molecule has 1 fully saturated rings. The summed E-state index contributed by atoms with van der Waals surface area (Å²) in [5.74, 6) is 0. The summed E-state index contributed by atoms with van der Waals surface area (Å²) in [5.41, 5.74) is 3.04. The predicted octanol–water partition coefficient (Wildman–Crippen LogP) is 4.65. The molecule has 2 aromatic carbocycles. The van der Waals surface area contributed by atoms with E-state index in [1.165, 1.54) is 17.5 Å². The Bertz CT molecular complexity index is 548. The van der Waals surface area contributed by atoms with Crippen molar-refractivity contribution in [3.05, 3.63) is 84.4 Å². The molecule has 21 heavy (non-hydrogen) atoms. The highest BCUT2D eigenvalue weighted by Crippen LogP contribution is 2.50. The molecule has 2 aromatic rings. The fourth-order valence-corrected chi connectivity index (χ4v) is 3.04. The van der Waals surface area contributed by atoms with Gasteiger partial charge in [0.2, 0.25) is 0 Å². The number of benzene rings is 2. The van der Waals surface area contributed by atoms with E-state index in [1.54, 1.807) is 0 Å². The van der Waals surface area contributed by atoms with Crippen LogP contribution in [0.5, 0.6) is 0 Å². The summed E-state index contributed by atoms with van der Waals surface area (Å²) in [7, 11) is 0. The van der Waals surface area contributed by atoms with E-state index in [0.717, 1.165) is 13.1 Å². The first-order valence-corrected chi connectivity index (χ1v) is 7.67. The maximum absolute atomic E-state index is 4.01. The molecule has 0 heterocycles. The van der Waals surface area contributed by atoms with Crippen LogP contribution in [0.1, 0.15) is 24.5 Å². The SMILES string of the molecule is C=C[C@]1(C)CC1N(Cc1ccccc1)Cc1ccccc1. The lowest BCUT2D eigenvalue weighted by molar-refractivity contribution is 0.224. The minimum Gasteiger partial charge on any atom is -0.291 e. The van der Waals surface area contributed by atoms with Crippen LogP contribution in [0, 0.1) is 5.41 Å². The molecule has 0 amide bonds. The standard InChI is InChI=1S/C20H23N/c1-3-20(2)14-19(20)21(15-17-10-6-4-7-11-17)16-18-12-8-5-9-13-18/h3-13,19H,1,14-16H2,2H3/t19?,20-/m1/s1. The van der Waals surface area contributed by atoms with Gasteiger partial charge in [0.15, 0.2) is 0 Å². The summed E-state index contributed by atoms with van der Waals surface area (Å²) in [4.78, 5) is 2.59. The molecule has 0 N–H and O–H groups in total. The first kappa shape index (κ1) is 14.1. The largest absolute Gasteiger partial charge is 0.291 e. The Morgan fingerprint density at radius 1 is 1.00 bits per heavy atom. The van der Waals surface area contributed by atoms with Gasteiger partial charge in [-0.1, -0.05) is 73.7 Å². The van der Waals surface area contributed by atoms with Crippen molar-refractivity contribution >= 4 is 0 Å². The van der Waals surface area contributed by atoms with Crippen LogP contribution in [-0.2, 0) is 13.1 Å². The van der Waals surface area contributed by atoms with Crippen molar-refractivity contribution in [3.63, 3.8) is 0 Å². The molecule has 0 aliphatic heterocycles. The molecule has 1 saturated carbocycles. The highest BCUT2D eigenvalue weighted by Gasteiger charge is 2.50. The van der Waals surface area contributed by atoms with Crippen molar-refractivity contribution in [2.24, 2.45) is 5.41 Å². The van der Waals surface area contributed by atoms with Crippen molar-refractivity contribution in [1.82, 2.24) is 4.90 Å². The molecular formula is C20H23N. The van der Waals surface area contributed by atoms with Gasteiger partial charge in [-0.25, -0.2) is 0 Å². The molecule has 0 spiro atoms. The molecule has 1 heteroatoms. The zero-order valence-electron chi connectivity index (χ0n) is 12.7. The van der Waals surface area contributed by atoms with Crippen molar-refractivity contribution < 1.29 is 0 Å². The fraction of sp³-hybridized carbons (Fsp3) is 0.300. The molecule has 2 atom stereocenters. The second kappa shape index (κ2) is 5.87. The summed E-state index contributed by atoms with van der Waals surface area (Å²) in [6.07, 6.45) is 3.34. The lowest BCUT2D eigenvalue weighted by Crippen LogP contribution is -2.28. The summed E-state index contributed by atoms with van der Waals surface area (Å²) >= 11 is 0. The average Bonchev–Trinajstić information content (AvgIpc) is 3.21. The Kier molecular flexibility index (Phi) is 3.94. The van der Waals surface area contributed by atoms with E-state index < -0.39 is 0 Å². The molecule has 1 nitrogen and oxygen atoms in total. The maximum Gasteiger partial charge on any atom is 0.0240 e. The Hall–Kier alpha value is -1.86. The number of rotatable bonds is 6. The van der Waals surface area contributed by atoms with Gasteiger partial charge in [0.25, 0.3) is 0 Å². The molecule has 0 bridgehead atoms. The normalized spacial score (nSPS) is 24.0. The highest BCUT2D eigenvalue weighted by atomic mass is 15.2. The lowest BCUT2D eigenvalue weighted by Gasteiger charge is -2.24. The predicted molar refractivity (Wildman–Crippen MR) is 88.8 cm³/mol. The fourth-order valence-electron chi connectivity index (χ4n) is 3.04. The van der Waals surface area contributed by atoms with Gasteiger partial charge < -0.3 is 0 Å². The van der Waals surface area contributed by atoms with Crippen molar-refractivity contribution in [1.29, 1.82) is 0 Å². The van der Waals surface area contributed by atoms with Crippen LogP contribution in [0.25, 0.3) is 0 Å². The zero-order chi connectivity index (χ0) is 14.7. The number of hydrogen-bond acceptors (Lipinski definition) is 1. The molecule has 108 valence electrons. The van der Waals surface area contributed by atoms with Gasteiger partial charge in [-0.15, -0.1) is 6.58 Å². The summed E-state index contributed by atoms with van der Waals surface area (Å²) < 4.78 is 0. The maximum atomic E-state index is 4.01. The average molecular weight is 277 g/mol. The topological polar surface area (TPSA) is 3.24 Å². The monoisotopic (exact) mass is 277 g/mol. The molecule has 1 unspecified atom stereocenters. The van der Waals surface area contributed by atoms with E-state index in [2.05, 4.69) is 85.1 Å². The number of hydrogen-bond donors (Lipinski definition) is 0.